The number of aryl methyl sites for hydroxylation is 2. The van der Waals surface area contributed by atoms with Gasteiger partial charge >= 0.3 is 5.82 Å². The van der Waals surface area contributed by atoms with Gasteiger partial charge in [-0.15, -0.1) is 0 Å². The average Bonchev–Trinajstić information content (AvgIpc) is 3.26. The highest BCUT2D eigenvalue weighted by atomic mass is 79.9. The van der Waals surface area contributed by atoms with Crippen LogP contribution in [0.1, 0.15) is 57.1 Å². The minimum absolute atomic E-state index is 0.0606. The molecule has 2 aromatic rings. The molecule has 4 aliphatic carbocycles. The maximum Gasteiger partial charge on any atom is 0.404 e. The van der Waals surface area contributed by atoms with Crippen molar-refractivity contribution < 1.29 is 9.72 Å². The molecular weight excluding hydrogens is 547 g/mol. The maximum absolute atomic E-state index is 13.0. The van der Waals surface area contributed by atoms with E-state index in [-0.39, 0.29) is 22.7 Å². The van der Waals surface area contributed by atoms with Gasteiger partial charge in [-0.1, -0.05) is 23.2 Å². The van der Waals surface area contributed by atoms with Crippen LogP contribution in [0, 0.1) is 34.3 Å². The molecule has 0 saturated heterocycles. The van der Waals surface area contributed by atoms with Gasteiger partial charge in [0.2, 0.25) is 5.91 Å². The fourth-order valence-electron chi connectivity index (χ4n) is 7.13. The van der Waals surface area contributed by atoms with Crippen LogP contribution in [-0.2, 0) is 16.9 Å². The smallest absolute Gasteiger partial charge is 0.358 e. The lowest BCUT2D eigenvalue weighted by molar-refractivity contribution is -0.390. The molecule has 1 N–H and O–H groups in total. The van der Waals surface area contributed by atoms with Crippen molar-refractivity contribution in [3.63, 3.8) is 0 Å². The van der Waals surface area contributed by atoms with Gasteiger partial charge in [-0.2, -0.15) is 9.78 Å². The van der Waals surface area contributed by atoms with Crippen molar-refractivity contribution in [2.45, 2.75) is 70.4 Å². The Morgan fingerprint density at radius 2 is 2.00 bits per heavy atom. The number of nitrogens with one attached hydrogen (secondary N) is 1. The van der Waals surface area contributed by atoms with Gasteiger partial charge in [0.1, 0.15) is 14.6 Å². The van der Waals surface area contributed by atoms with Crippen LogP contribution in [0.5, 0.6) is 0 Å². The summed E-state index contributed by atoms with van der Waals surface area (Å²) >= 11 is 15.6. The monoisotopic (exact) mass is 572 g/mol. The van der Waals surface area contributed by atoms with Crippen LogP contribution < -0.4 is 5.32 Å². The molecular formula is C22H27BrCl2N6O3. The molecule has 4 aliphatic rings. The number of carbonyl (C=O) groups excluding carboxylic acids is 1. The molecule has 184 valence electrons. The number of hydrogen-bond acceptors (Lipinski definition) is 5. The second kappa shape index (κ2) is 8.78. The van der Waals surface area contributed by atoms with Crippen molar-refractivity contribution in [2.75, 3.05) is 6.54 Å². The molecule has 4 bridgehead atoms. The fraction of sp³-hybridized carbons (Fsp3) is 0.682. The second-order valence-corrected chi connectivity index (χ2v) is 12.1. The minimum Gasteiger partial charge on any atom is -0.358 e. The van der Waals surface area contributed by atoms with Crippen LogP contribution in [-0.4, -0.2) is 36.9 Å². The number of hydrogen-bond donors (Lipinski definition) is 1. The van der Waals surface area contributed by atoms with E-state index in [0.717, 1.165) is 32.1 Å². The molecule has 34 heavy (non-hydrogen) atoms. The van der Waals surface area contributed by atoms with Gasteiger partial charge in [0.15, 0.2) is 0 Å². The van der Waals surface area contributed by atoms with Crippen LogP contribution in [0.3, 0.4) is 0 Å². The predicted octanol–water partition coefficient (Wildman–Crippen LogP) is 5.26. The largest absolute Gasteiger partial charge is 0.404 e. The summed E-state index contributed by atoms with van der Waals surface area (Å²) < 4.78 is 3.91. The summed E-state index contributed by atoms with van der Waals surface area (Å²) in [4.78, 5) is 23.9. The molecule has 2 atom stereocenters. The summed E-state index contributed by atoms with van der Waals surface area (Å²) in [6, 6.07) is 0. The Morgan fingerprint density at radius 3 is 2.59 bits per heavy atom. The number of rotatable bonds is 8. The van der Waals surface area contributed by atoms with E-state index < -0.39 is 4.92 Å². The summed E-state index contributed by atoms with van der Waals surface area (Å²) in [5.74, 6) is 0.985. The van der Waals surface area contributed by atoms with E-state index in [0.29, 0.717) is 58.1 Å². The molecule has 0 spiro atoms. The zero-order chi connectivity index (χ0) is 24.3. The summed E-state index contributed by atoms with van der Waals surface area (Å²) in [7, 11) is 0. The minimum atomic E-state index is -0.448. The van der Waals surface area contributed by atoms with E-state index in [1.54, 1.807) is 10.9 Å². The number of nitrogens with zero attached hydrogens (tertiary/aromatic N) is 5. The van der Waals surface area contributed by atoms with E-state index >= 15 is 0 Å². The summed E-state index contributed by atoms with van der Waals surface area (Å²) in [5.41, 5.74) is 0.382. The van der Waals surface area contributed by atoms with Crippen LogP contribution in [0.4, 0.5) is 5.82 Å². The Bertz CT molecular complexity index is 1130. The number of halogens is 3. The quantitative estimate of drug-likeness (QED) is 0.263. The Hall–Kier alpha value is -1.65. The molecule has 4 saturated carbocycles. The predicted molar refractivity (Wildman–Crippen MR) is 131 cm³/mol. The maximum atomic E-state index is 13.0. The van der Waals surface area contributed by atoms with Gasteiger partial charge < -0.3 is 15.4 Å². The molecule has 12 heteroatoms. The lowest BCUT2D eigenvalue weighted by Crippen LogP contribution is -2.57. The molecule has 2 aromatic heterocycles. The van der Waals surface area contributed by atoms with Crippen LogP contribution >= 0.6 is 39.1 Å². The third-order valence-electron chi connectivity index (χ3n) is 7.86. The van der Waals surface area contributed by atoms with Gasteiger partial charge in [0.05, 0.1) is 22.5 Å². The van der Waals surface area contributed by atoms with Gasteiger partial charge in [0.25, 0.3) is 0 Å². The van der Waals surface area contributed by atoms with E-state index in [4.69, 9.17) is 23.2 Å². The van der Waals surface area contributed by atoms with Gasteiger partial charge in [-0.05, 0) is 90.0 Å². The van der Waals surface area contributed by atoms with Crippen LogP contribution in [0.15, 0.2) is 10.7 Å². The first kappa shape index (κ1) is 24.1. The summed E-state index contributed by atoms with van der Waals surface area (Å²) in [6.45, 7) is 2.93. The molecule has 4 fully saturated rings. The molecule has 0 radical (unpaired) electrons. The SMILES string of the molecule is Cc1nn(CCCNC(=O)CC23CC4CC(C2)CC(n2cc(Br)c([N+](=O)[O-])n2)(C4)C3)c(Cl)c1Cl. The number of aromatic nitrogens is 4. The zero-order valence-electron chi connectivity index (χ0n) is 18.9. The summed E-state index contributed by atoms with van der Waals surface area (Å²) in [5, 5.41) is 24.0. The summed E-state index contributed by atoms with van der Waals surface area (Å²) in [6.07, 6.45) is 9.01. The highest BCUT2D eigenvalue weighted by molar-refractivity contribution is 9.10. The van der Waals surface area contributed by atoms with Crippen LogP contribution in [0.2, 0.25) is 10.2 Å². The molecule has 0 aliphatic heterocycles. The van der Waals surface area contributed by atoms with Gasteiger partial charge in [-0.25, -0.2) is 0 Å². The Balaban J connectivity index is 1.23. The Kier molecular flexibility index (Phi) is 6.21. The first-order chi connectivity index (χ1) is 16.1. The number of carbonyl (C=O) groups is 1. The van der Waals surface area contributed by atoms with Crippen molar-refractivity contribution in [3.8, 4) is 0 Å². The van der Waals surface area contributed by atoms with E-state index in [1.807, 2.05) is 11.6 Å². The second-order valence-electron chi connectivity index (χ2n) is 10.5. The van der Waals surface area contributed by atoms with Crippen molar-refractivity contribution in [3.05, 3.63) is 36.7 Å². The van der Waals surface area contributed by atoms with E-state index in [2.05, 4.69) is 31.4 Å². The van der Waals surface area contributed by atoms with Crippen molar-refractivity contribution in [1.82, 2.24) is 24.9 Å². The first-order valence-electron chi connectivity index (χ1n) is 11.6. The molecule has 2 heterocycles. The van der Waals surface area contributed by atoms with Crippen LogP contribution in [0.25, 0.3) is 0 Å². The molecule has 0 aromatic carbocycles. The normalized spacial score (nSPS) is 29.5. The van der Waals surface area contributed by atoms with Crippen molar-refractivity contribution in [1.29, 1.82) is 0 Å². The van der Waals surface area contributed by atoms with E-state index in [9.17, 15) is 14.9 Å². The standard InChI is InChI=1S/C22H27BrCl2N6O3/c1-13-18(24)19(25)29(27-13)4-2-3-26-17(32)10-21-6-14-5-15(7-21)9-22(8-14,12-21)30-11-16(23)20(28-30)31(33)34/h11,14-15H,2-10,12H2,1H3,(H,26,32). The van der Waals surface area contributed by atoms with Crippen molar-refractivity contribution in [2.24, 2.45) is 17.3 Å². The lowest BCUT2D eigenvalue weighted by atomic mass is 9.46. The highest BCUT2D eigenvalue weighted by Crippen LogP contribution is 2.65. The third-order valence-corrected chi connectivity index (χ3v) is 9.36. The van der Waals surface area contributed by atoms with Gasteiger partial charge in [-0.3, -0.25) is 9.48 Å². The zero-order valence-corrected chi connectivity index (χ0v) is 22.0. The Morgan fingerprint density at radius 1 is 1.29 bits per heavy atom. The first-order valence-corrected chi connectivity index (χ1v) is 13.2. The molecule has 9 nitrogen and oxygen atoms in total. The third kappa shape index (κ3) is 4.26. The van der Waals surface area contributed by atoms with Crippen molar-refractivity contribution >= 4 is 50.9 Å². The van der Waals surface area contributed by atoms with E-state index in [1.165, 1.54) is 6.42 Å². The molecule has 6 rings (SSSR count). The number of amides is 1. The molecule has 1 amide bonds. The number of nitro groups is 1. The van der Waals surface area contributed by atoms with Gasteiger partial charge in [0, 0.05) is 19.5 Å². The fourth-order valence-corrected chi connectivity index (χ4v) is 7.94. The Labute approximate surface area is 215 Å². The molecule has 2 unspecified atom stereocenters. The average molecular weight is 574 g/mol. The highest BCUT2D eigenvalue weighted by Gasteiger charge is 2.60. The topological polar surface area (TPSA) is 108 Å². The lowest BCUT2D eigenvalue weighted by Gasteiger charge is -2.61.